The van der Waals surface area contributed by atoms with Crippen LogP contribution in [0.5, 0.6) is 0 Å². The Hall–Kier alpha value is -0.420. The fourth-order valence-electron chi connectivity index (χ4n) is 0.596. The van der Waals surface area contributed by atoms with Gasteiger partial charge in [0.05, 0.1) is 6.54 Å². The van der Waals surface area contributed by atoms with Crippen molar-refractivity contribution in [3.8, 4) is 0 Å². The summed E-state index contributed by atoms with van der Waals surface area (Å²) in [6.07, 6.45) is 0.934. The van der Waals surface area contributed by atoms with Crippen LogP contribution in [-0.4, -0.2) is 28.7 Å². The van der Waals surface area contributed by atoms with Crippen molar-refractivity contribution >= 4 is 13.6 Å². The zero-order chi connectivity index (χ0) is 9.61. The summed E-state index contributed by atoms with van der Waals surface area (Å²) in [6, 6.07) is 0. The standard InChI is InChI=1S/C5H14N3O3P/c1-2-3-7-4-5(6)8-12(9,10)11/h7H,2-4H2,1H3,(H4,6,8,9,10,11). The van der Waals surface area contributed by atoms with Gasteiger partial charge in [0.25, 0.3) is 0 Å². The third-order valence-corrected chi connectivity index (χ3v) is 1.51. The van der Waals surface area contributed by atoms with Gasteiger partial charge in [0.15, 0.2) is 0 Å². The average molecular weight is 195 g/mol. The Morgan fingerprint density at radius 1 is 1.67 bits per heavy atom. The van der Waals surface area contributed by atoms with E-state index in [4.69, 9.17) is 15.5 Å². The normalized spacial score (nSPS) is 13.4. The summed E-state index contributed by atoms with van der Waals surface area (Å²) in [7, 11) is -4.35. The SMILES string of the molecule is CCCNCC(N)=NP(=O)(O)O. The van der Waals surface area contributed by atoms with Crippen molar-refractivity contribution in [2.75, 3.05) is 13.1 Å². The van der Waals surface area contributed by atoms with Gasteiger partial charge >= 0.3 is 7.75 Å². The Labute approximate surface area is 71.1 Å². The molecule has 0 aromatic carbocycles. The molecule has 72 valence electrons. The molecule has 0 fully saturated rings. The highest BCUT2D eigenvalue weighted by atomic mass is 31.2. The van der Waals surface area contributed by atoms with Gasteiger partial charge in [-0.15, -0.1) is 0 Å². The molecule has 0 unspecified atom stereocenters. The summed E-state index contributed by atoms with van der Waals surface area (Å²) in [5.41, 5.74) is 5.20. The molecule has 0 amide bonds. The van der Waals surface area contributed by atoms with Gasteiger partial charge in [0, 0.05) is 0 Å². The van der Waals surface area contributed by atoms with Crippen LogP contribution < -0.4 is 11.1 Å². The zero-order valence-electron chi connectivity index (χ0n) is 6.90. The summed E-state index contributed by atoms with van der Waals surface area (Å²) < 4.78 is 13.3. The molecule has 0 aromatic rings. The van der Waals surface area contributed by atoms with E-state index in [1.54, 1.807) is 0 Å². The highest BCUT2D eigenvalue weighted by molar-refractivity contribution is 7.50. The van der Waals surface area contributed by atoms with Crippen molar-refractivity contribution in [3.63, 3.8) is 0 Å². The minimum absolute atomic E-state index is 0.0724. The first-order valence-corrected chi connectivity index (χ1v) is 5.13. The van der Waals surface area contributed by atoms with Gasteiger partial charge in [-0.3, -0.25) is 0 Å². The van der Waals surface area contributed by atoms with Crippen molar-refractivity contribution in [3.05, 3.63) is 0 Å². The van der Waals surface area contributed by atoms with Crippen molar-refractivity contribution < 1.29 is 14.4 Å². The molecular weight excluding hydrogens is 181 g/mol. The molecule has 0 rings (SSSR count). The number of hydrogen-bond donors (Lipinski definition) is 4. The van der Waals surface area contributed by atoms with Crippen LogP contribution in [-0.2, 0) is 4.57 Å². The fourth-order valence-corrected chi connectivity index (χ4v) is 1.00. The Kier molecular flexibility index (Phi) is 5.08. The van der Waals surface area contributed by atoms with Crippen LogP contribution in [0.1, 0.15) is 13.3 Å². The van der Waals surface area contributed by atoms with E-state index in [0.29, 0.717) is 0 Å². The van der Waals surface area contributed by atoms with Crippen LogP contribution in [0.3, 0.4) is 0 Å². The predicted molar refractivity (Wildman–Crippen MR) is 46.8 cm³/mol. The van der Waals surface area contributed by atoms with Gasteiger partial charge in [-0.1, -0.05) is 6.92 Å². The number of hydrogen-bond acceptors (Lipinski definition) is 2. The third-order valence-electron chi connectivity index (χ3n) is 0.992. The van der Waals surface area contributed by atoms with E-state index in [0.717, 1.165) is 13.0 Å². The molecule has 0 saturated carbocycles. The number of nitrogens with one attached hydrogen (secondary N) is 1. The Bertz CT molecular complexity index is 200. The summed E-state index contributed by atoms with van der Waals surface area (Å²) in [6.45, 7) is 2.93. The molecule has 12 heavy (non-hydrogen) atoms. The highest BCUT2D eigenvalue weighted by Gasteiger charge is 2.10. The largest absolute Gasteiger partial charge is 0.450 e. The van der Waals surface area contributed by atoms with Gasteiger partial charge < -0.3 is 20.8 Å². The van der Waals surface area contributed by atoms with E-state index >= 15 is 0 Å². The first-order valence-electron chi connectivity index (χ1n) is 3.56. The lowest BCUT2D eigenvalue weighted by Crippen LogP contribution is -2.29. The lowest BCUT2D eigenvalue weighted by Gasteiger charge is -2.02. The zero-order valence-corrected chi connectivity index (χ0v) is 7.79. The lowest BCUT2D eigenvalue weighted by atomic mass is 10.4. The average Bonchev–Trinajstić information content (AvgIpc) is 1.84. The molecule has 7 heteroatoms. The molecule has 6 nitrogen and oxygen atoms in total. The summed E-state index contributed by atoms with van der Waals surface area (Å²) in [5.74, 6) is -0.0724. The van der Waals surface area contributed by atoms with E-state index in [9.17, 15) is 4.57 Å². The van der Waals surface area contributed by atoms with Gasteiger partial charge in [0.2, 0.25) is 0 Å². The van der Waals surface area contributed by atoms with Crippen LogP contribution in [0, 0.1) is 0 Å². The van der Waals surface area contributed by atoms with Crippen LogP contribution >= 0.6 is 7.75 Å². The number of nitrogens with zero attached hydrogens (tertiary/aromatic N) is 1. The molecule has 0 atom stereocenters. The summed E-state index contributed by atoms with van der Waals surface area (Å²) in [5, 5.41) is 2.86. The van der Waals surface area contributed by atoms with Gasteiger partial charge in [0.1, 0.15) is 5.84 Å². The maximum atomic E-state index is 10.3. The minimum atomic E-state index is -4.35. The quantitative estimate of drug-likeness (QED) is 0.203. The monoisotopic (exact) mass is 195 g/mol. The van der Waals surface area contributed by atoms with E-state index in [-0.39, 0.29) is 12.4 Å². The fraction of sp³-hybridized carbons (Fsp3) is 0.800. The smallest absolute Gasteiger partial charge is 0.386 e. The Morgan fingerprint density at radius 2 is 2.25 bits per heavy atom. The molecule has 0 aromatic heterocycles. The van der Waals surface area contributed by atoms with Crippen molar-refractivity contribution in [2.24, 2.45) is 10.5 Å². The maximum absolute atomic E-state index is 10.3. The van der Waals surface area contributed by atoms with E-state index in [2.05, 4.69) is 10.1 Å². The van der Waals surface area contributed by atoms with Gasteiger partial charge in [-0.25, -0.2) is 4.57 Å². The molecule has 0 heterocycles. The third kappa shape index (κ3) is 7.68. The minimum Gasteiger partial charge on any atom is -0.386 e. The molecule has 0 spiro atoms. The molecule has 5 N–H and O–H groups in total. The second-order valence-corrected chi connectivity index (χ2v) is 3.51. The van der Waals surface area contributed by atoms with Crippen LogP contribution in [0.15, 0.2) is 4.76 Å². The van der Waals surface area contributed by atoms with E-state index in [1.807, 2.05) is 6.92 Å². The second-order valence-electron chi connectivity index (χ2n) is 2.28. The maximum Gasteiger partial charge on any atom is 0.450 e. The Balaban J connectivity index is 3.79. The Morgan fingerprint density at radius 3 is 2.67 bits per heavy atom. The van der Waals surface area contributed by atoms with Gasteiger partial charge in [-0.2, -0.15) is 4.76 Å². The van der Waals surface area contributed by atoms with Crippen molar-refractivity contribution in [1.29, 1.82) is 0 Å². The van der Waals surface area contributed by atoms with Crippen LogP contribution in [0.2, 0.25) is 0 Å². The van der Waals surface area contributed by atoms with Crippen LogP contribution in [0.4, 0.5) is 0 Å². The number of amidine groups is 1. The molecule has 0 aliphatic heterocycles. The van der Waals surface area contributed by atoms with Crippen molar-refractivity contribution in [2.45, 2.75) is 13.3 Å². The first-order chi connectivity index (χ1) is 5.45. The summed E-state index contributed by atoms with van der Waals surface area (Å²) >= 11 is 0. The molecule has 0 radical (unpaired) electrons. The highest BCUT2D eigenvalue weighted by Crippen LogP contribution is 2.35. The first kappa shape index (κ1) is 11.6. The molecule has 0 bridgehead atoms. The summed E-state index contributed by atoms with van der Waals surface area (Å²) in [4.78, 5) is 16.7. The molecule has 0 saturated heterocycles. The molecule has 0 aliphatic carbocycles. The molecular formula is C5H14N3O3P. The topological polar surface area (TPSA) is 108 Å². The van der Waals surface area contributed by atoms with Crippen molar-refractivity contribution in [1.82, 2.24) is 5.32 Å². The van der Waals surface area contributed by atoms with Gasteiger partial charge in [-0.05, 0) is 13.0 Å². The second kappa shape index (κ2) is 5.27. The lowest BCUT2D eigenvalue weighted by molar-refractivity contribution is 0.375. The van der Waals surface area contributed by atoms with Crippen LogP contribution in [0.25, 0.3) is 0 Å². The molecule has 0 aliphatic rings. The van der Waals surface area contributed by atoms with E-state index in [1.165, 1.54) is 0 Å². The van der Waals surface area contributed by atoms with E-state index < -0.39 is 7.75 Å². The number of nitrogens with two attached hydrogens (primary N) is 1. The predicted octanol–water partition coefficient (Wildman–Crippen LogP) is -0.564. The number of rotatable bonds is 5.